The van der Waals surface area contributed by atoms with E-state index < -0.39 is 0 Å². The van der Waals surface area contributed by atoms with Crippen LogP contribution in [0.3, 0.4) is 0 Å². The quantitative estimate of drug-likeness (QED) is 0.750. The lowest BCUT2D eigenvalue weighted by Gasteiger charge is -2.21. The summed E-state index contributed by atoms with van der Waals surface area (Å²) in [6.07, 6.45) is 0. The first-order valence-electron chi connectivity index (χ1n) is 6.81. The van der Waals surface area contributed by atoms with Gasteiger partial charge in [0.1, 0.15) is 5.75 Å². The number of methoxy groups -OCH3 is 1. The molecule has 1 unspecified atom stereocenters. The average Bonchev–Trinajstić information content (AvgIpc) is 2.37. The van der Waals surface area contributed by atoms with Crippen molar-refractivity contribution in [2.75, 3.05) is 26.1 Å². The summed E-state index contributed by atoms with van der Waals surface area (Å²) in [6, 6.07) is 5.00. The third-order valence-corrected chi connectivity index (χ3v) is 2.97. The Hall–Kier alpha value is -1.75. The predicted octanol–water partition coefficient (Wildman–Crippen LogP) is 2.07. The van der Waals surface area contributed by atoms with Crippen LogP contribution in [0.1, 0.15) is 31.1 Å². The standard InChI is InChI=1S/C15H24N2O3/c1-5-20-13-7-11(6-12(16)8-13)15(18)17-14(9-19-4)10(2)3/h6-8,10,14H,5,9,16H2,1-4H3,(H,17,18). The molecule has 0 aliphatic rings. The minimum atomic E-state index is -0.172. The number of benzene rings is 1. The molecule has 5 nitrogen and oxygen atoms in total. The Kier molecular flexibility index (Phi) is 6.31. The van der Waals surface area contributed by atoms with Gasteiger partial charge < -0.3 is 20.5 Å². The fourth-order valence-electron chi connectivity index (χ4n) is 1.84. The highest BCUT2D eigenvalue weighted by Gasteiger charge is 2.17. The minimum Gasteiger partial charge on any atom is -0.494 e. The Bertz CT molecular complexity index is 447. The number of carbonyl (C=O) groups is 1. The first-order valence-corrected chi connectivity index (χ1v) is 6.81. The number of amides is 1. The van der Waals surface area contributed by atoms with E-state index in [1.165, 1.54) is 0 Å². The van der Waals surface area contributed by atoms with E-state index in [0.717, 1.165) is 0 Å². The molecule has 112 valence electrons. The average molecular weight is 280 g/mol. The van der Waals surface area contributed by atoms with Gasteiger partial charge in [0.15, 0.2) is 0 Å². The molecule has 0 bridgehead atoms. The maximum Gasteiger partial charge on any atom is 0.251 e. The predicted molar refractivity (Wildman–Crippen MR) is 80.0 cm³/mol. The summed E-state index contributed by atoms with van der Waals surface area (Å²) < 4.78 is 10.5. The number of hydrogen-bond donors (Lipinski definition) is 2. The van der Waals surface area contributed by atoms with Gasteiger partial charge in [-0.1, -0.05) is 13.8 Å². The van der Waals surface area contributed by atoms with Crippen LogP contribution < -0.4 is 15.8 Å². The molecule has 5 heteroatoms. The summed E-state index contributed by atoms with van der Waals surface area (Å²) in [5.74, 6) is 0.714. The van der Waals surface area contributed by atoms with E-state index in [-0.39, 0.29) is 17.9 Å². The molecule has 0 fully saturated rings. The molecule has 0 saturated heterocycles. The van der Waals surface area contributed by atoms with Crippen LogP contribution in [0.25, 0.3) is 0 Å². The molecule has 3 N–H and O–H groups in total. The van der Waals surface area contributed by atoms with Crippen LogP contribution in [0.5, 0.6) is 5.75 Å². The number of nitrogen functional groups attached to an aromatic ring is 1. The molecule has 1 atom stereocenters. The molecule has 0 spiro atoms. The molecule has 0 heterocycles. The van der Waals surface area contributed by atoms with Gasteiger partial charge in [-0.3, -0.25) is 4.79 Å². The Balaban J connectivity index is 2.85. The molecule has 0 aliphatic carbocycles. The van der Waals surface area contributed by atoms with Crippen molar-refractivity contribution in [1.82, 2.24) is 5.32 Å². The second-order valence-electron chi connectivity index (χ2n) is 5.00. The highest BCUT2D eigenvalue weighted by atomic mass is 16.5. The van der Waals surface area contributed by atoms with Crippen molar-refractivity contribution >= 4 is 11.6 Å². The number of rotatable bonds is 7. The molecule has 20 heavy (non-hydrogen) atoms. The second kappa shape index (κ2) is 7.75. The zero-order valence-corrected chi connectivity index (χ0v) is 12.6. The van der Waals surface area contributed by atoms with Crippen molar-refractivity contribution in [2.45, 2.75) is 26.8 Å². The lowest BCUT2D eigenvalue weighted by Crippen LogP contribution is -2.41. The number of anilines is 1. The van der Waals surface area contributed by atoms with Gasteiger partial charge in [0, 0.05) is 24.4 Å². The van der Waals surface area contributed by atoms with Gasteiger partial charge in [0.25, 0.3) is 5.91 Å². The van der Waals surface area contributed by atoms with Crippen molar-refractivity contribution in [3.8, 4) is 5.75 Å². The molecular weight excluding hydrogens is 256 g/mol. The van der Waals surface area contributed by atoms with Crippen LogP contribution in [0.2, 0.25) is 0 Å². The van der Waals surface area contributed by atoms with Crippen molar-refractivity contribution in [2.24, 2.45) is 5.92 Å². The molecule has 0 saturated carbocycles. The molecule has 0 aliphatic heterocycles. The van der Waals surface area contributed by atoms with Gasteiger partial charge in [0.05, 0.1) is 19.3 Å². The van der Waals surface area contributed by atoms with Crippen LogP contribution in [-0.2, 0) is 4.74 Å². The highest BCUT2D eigenvalue weighted by molar-refractivity contribution is 5.95. The number of nitrogens with two attached hydrogens (primary N) is 1. The lowest BCUT2D eigenvalue weighted by atomic mass is 10.0. The zero-order valence-electron chi connectivity index (χ0n) is 12.6. The van der Waals surface area contributed by atoms with Crippen LogP contribution >= 0.6 is 0 Å². The SMILES string of the molecule is CCOc1cc(N)cc(C(=O)NC(COC)C(C)C)c1. The van der Waals surface area contributed by atoms with Crippen molar-refractivity contribution < 1.29 is 14.3 Å². The second-order valence-corrected chi connectivity index (χ2v) is 5.00. The molecule has 0 aromatic heterocycles. The van der Waals surface area contributed by atoms with Crippen molar-refractivity contribution in [3.05, 3.63) is 23.8 Å². The fraction of sp³-hybridized carbons (Fsp3) is 0.533. The summed E-state index contributed by atoms with van der Waals surface area (Å²) in [6.45, 7) is 6.97. The number of ether oxygens (including phenoxy) is 2. The molecule has 1 amide bonds. The van der Waals surface area contributed by atoms with Crippen molar-refractivity contribution in [1.29, 1.82) is 0 Å². The van der Waals surface area contributed by atoms with Crippen LogP contribution in [-0.4, -0.2) is 32.3 Å². The Morgan fingerprint density at radius 3 is 2.60 bits per heavy atom. The topological polar surface area (TPSA) is 73.6 Å². The Labute approximate surface area is 120 Å². The van der Waals surface area contributed by atoms with E-state index in [4.69, 9.17) is 15.2 Å². The van der Waals surface area contributed by atoms with Gasteiger partial charge in [0.2, 0.25) is 0 Å². The molecule has 1 aromatic carbocycles. The van der Waals surface area contributed by atoms with E-state index in [2.05, 4.69) is 5.32 Å². The monoisotopic (exact) mass is 280 g/mol. The number of carbonyl (C=O) groups excluding carboxylic acids is 1. The van der Waals surface area contributed by atoms with Crippen LogP contribution in [0.15, 0.2) is 18.2 Å². The molecular formula is C15H24N2O3. The van der Waals surface area contributed by atoms with Gasteiger partial charge in [-0.25, -0.2) is 0 Å². The minimum absolute atomic E-state index is 0.0375. The Morgan fingerprint density at radius 1 is 1.35 bits per heavy atom. The van der Waals surface area contributed by atoms with E-state index in [1.54, 1.807) is 25.3 Å². The van der Waals surface area contributed by atoms with Gasteiger partial charge in [-0.2, -0.15) is 0 Å². The normalized spacial score (nSPS) is 12.2. The molecule has 1 aromatic rings. The number of hydrogen-bond acceptors (Lipinski definition) is 4. The summed E-state index contributed by atoms with van der Waals surface area (Å²) in [7, 11) is 1.62. The maximum absolute atomic E-state index is 12.3. The highest BCUT2D eigenvalue weighted by Crippen LogP contribution is 2.19. The maximum atomic E-state index is 12.3. The number of nitrogens with one attached hydrogen (secondary N) is 1. The summed E-state index contributed by atoms with van der Waals surface area (Å²) >= 11 is 0. The fourth-order valence-corrected chi connectivity index (χ4v) is 1.84. The first-order chi connectivity index (χ1) is 9.47. The van der Waals surface area contributed by atoms with E-state index in [9.17, 15) is 4.79 Å². The van der Waals surface area contributed by atoms with Crippen LogP contribution in [0, 0.1) is 5.92 Å². The summed E-state index contributed by atoms with van der Waals surface area (Å²) in [5, 5.41) is 2.96. The van der Waals surface area contributed by atoms with E-state index >= 15 is 0 Å². The van der Waals surface area contributed by atoms with E-state index in [0.29, 0.717) is 30.2 Å². The van der Waals surface area contributed by atoms with E-state index in [1.807, 2.05) is 20.8 Å². The van der Waals surface area contributed by atoms with Gasteiger partial charge in [-0.05, 0) is 25.0 Å². The Morgan fingerprint density at radius 2 is 2.05 bits per heavy atom. The van der Waals surface area contributed by atoms with Gasteiger partial charge >= 0.3 is 0 Å². The largest absolute Gasteiger partial charge is 0.494 e. The third kappa shape index (κ3) is 4.74. The first kappa shape index (κ1) is 16.3. The van der Waals surface area contributed by atoms with Crippen LogP contribution in [0.4, 0.5) is 5.69 Å². The third-order valence-electron chi connectivity index (χ3n) is 2.97. The summed E-state index contributed by atoms with van der Waals surface area (Å²) in [4.78, 5) is 12.3. The zero-order chi connectivity index (χ0) is 15.1. The van der Waals surface area contributed by atoms with Gasteiger partial charge in [-0.15, -0.1) is 0 Å². The molecule has 0 radical (unpaired) electrons. The molecule has 1 rings (SSSR count). The smallest absolute Gasteiger partial charge is 0.251 e. The van der Waals surface area contributed by atoms with Crippen molar-refractivity contribution in [3.63, 3.8) is 0 Å². The lowest BCUT2D eigenvalue weighted by molar-refractivity contribution is 0.0866. The summed E-state index contributed by atoms with van der Waals surface area (Å²) in [5.41, 5.74) is 6.80.